The summed E-state index contributed by atoms with van der Waals surface area (Å²) in [6.07, 6.45) is 1.45. The number of nitrogens with one attached hydrogen (secondary N) is 1. The average Bonchev–Trinajstić information content (AvgIpc) is 2.44. The van der Waals surface area contributed by atoms with Crippen LogP contribution in [0.15, 0.2) is 36.4 Å². The first-order valence-corrected chi connectivity index (χ1v) is 7.33. The third-order valence-electron chi connectivity index (χ3n) is 3.77. The lowest BCUT2D eigenvalue weighted by Gasteiger charge is -2.17. The zero-order valence-corrected chi connectivity index (χ0v) is 13.0. The SMILES string of the molecule is Cc1ccc(CC(Cc2ccc(F)cc2Cl)NN)cc1C. The van der Waals surface area contributed by atoms with Crippen molar-refractivity contribution in [2.45, 2.75) is 32.7 Å². The lowest BCUT2D eigenvalue weighted by Crippen LogP contribution is -2.38. The van der Waals surface area contributed by atoms with Crippen molar-refractivity contribution in [1.29, 1.82) is 0 Å². The van der Waals surface area contributed by atoms with E-state index >= 15 is 0 Å². The summed E-state index contributed by atoms with van der Waals surface area (Å²) in [5.74, 6) is 5.33. The Hall–Kier alpha value is -1.42. The summed E-state index contributed by atoms with van der Waals surface area (Å²) in [5, 5.41) is 0.440. The van der Waals surface area contributed by atoms with Gasteiger partial charge in [-0.15, -0.1) is 0 Å². The molecule has 0 bridgehead atoms. The molecule has 0 saturated carbocycles. The lowest BCUT2D eigenvalue weighted by molar-refractivity contribution is 0.522. The van der Waals surface area contributed by atoms with Gasteiger partial charge in [0.1, 0.15) is 5.82 Å². The van der Waals surface area contributed by atoms with Gasteiger partial charge < -0.3 is 0 Å². The molecule has 4 heteroatoms. The molecular formula is C17H20ClFN2. The monoisotopic (exact) mass is 306 g/mol. The summed E-state index contributed by atoms with van der Waals surface area (Å²) in [5.41, 5.74) is 7.48. The Kier molecular flexibility index (Phi) is 5.34. The Morgan fingerprint density at radius 2 is 1.86 bits per heavy atom. The lowest BCUT2D eigenvalue weighted by atomic mass is 9.97. The maximum atomic E-state index is 13.1. The Morgan fingerprint density at radius 1 is 1.10 bits per heavy atom. The standard InChI is InChI=1S/C17H20ClFN2/c1-11-3-4-13(7-12(11)2)8-16(21-20)9-14-5-6-15(19)10-17(14)18/h3-7,10,16,21H,8-9,20H2,1-2H3. The van der Waals surface area contributed by atoms with Crippen LogP contribution in [0, 0.1) is 19.7 Å². The van der Waals surface area contributed by atoms with Crippen LogP contribution in [0.3, 0.4) is 0 Å². The van der Waals surface area contributed by atoms with Crippen LogP contribution >= 0.6 is 11.6 Å². The molecule has 0 radical (unpaired) electrons. The number of hydrogen-bond donors (Lipinski definition) is 2. The first-order valence-electron chi connectivity index (χ1n) is 6.95. The minimum Gasteiger partial charge on any atom is -0.271 e. The average molecular weight is 307 g/mol. The molecule has 2 aromatic carbocycles. The molecule has 1 unspecified atom stereocenters. The molecule has 2 nitrogen and oxygen atoms in total. The molecule has 0 aliphatic rings. The van der Waals surface area contributed by atoms with E-state index < -0.39 is 0 Å². The summed E-state index contributed by atoms with van der Waals surface area (Å²) in [6, 6.07) is 10.9. The highest BCUT2D eigenvalue weighted by Crippen LogP contribution is 2.20. The van der Waals surface area contributed by atoms with Gasteiger partial charge in [0.2, 0.25) is 0 Å². The van der Waals surface area contributed by atoms with E-state index in [2.05, 4.69) is 37.5 Å². The molecule has 0 aromatic heterocycles. The predicted octanol–water partition coefficient (Wildman–Crippen LogP) is 3.71. The van der Waals surface area contributed by atoms with Gasteiger partial charge in [-0.05, 0) is 61.1 Å². The van der Waals surface area contributed by atoms with Gasteiger partial charge in [0.15, 0.2) is 0 Å². The Bertz CT molecular complexity index is 628. The second-order valence-electron chi connectivity index (χ2n) is 5.43. The van der Waals surface area contributed by atoms with Gasteiger partial charge >= 0.3 is 0 Å². The van der Waals surface area contributed by atoms with Gasteiger partial charge in [0.05, 0.1) is 0 Å². The maximum Gasteiger partial charge on any atom is 0.124 e. The molecule has 0 spiro atoms. The number of aryl methyl sites for hydroxylation is 2. The third-order valence-corrected chi connectivity index (χ3v) is 4.12. The van der Waals surface area contributed by atoms with Gasteiger partial charge in [0.25, 0.3) is 0 Å². The highest BCUT2D eigenvalue weighted by Gasteiger charge is 2.12. The van der Waals surface area contributed by atoms with Crippen molar-refractivity contribution >= 4 is 11.6 Å². The quantitative estimate of drug-likeness (QED) is 0.653. The minimum atomic E-state index is -0.324. The van der Waals surface area contributed by atoms with E-state index in [1.165, 1.54) is 28.8 Å². The zero-order chi connectivity index (χ0) is 15.4. The third kappa shape index (κ3) is 4.27. The van der Waals surface area contributed by atoms with Crippen LogP contribution < -0.4 is 11.3 Å². The normalized spacial score (nSPS) is 12.4. The van der Waals surface area contributed by atoms with E-state index in [1.807, 2.05) is 0 Å². The van der Waals surface area contributed by atoms with Gasteiger partial charge in [-0.1, -0.05) is 35.9 Å². The molecule has 1 atom stereocenters. The zero-order valence-electron chi connectivity index (χ0n) is 12.3. The van der Waals surface area contributed by atoms with E-state index in [1.54, 1.807) is 6.07 Å². The van der Waals surface area contributed by atoms with E-state index in [0.717, 1.165) is 12.0 Å². The number of hydrogen-bond acceptors (Lipinski definition) is 2. The molecule has 2 rings (SSSR count). The van der Waals surface area contributed by atoms with Crippen molar-refractivity contribution < 1.29 is 4.39 Å². The molecule has 0 heterocycles. The number of hydrazine groups is 1. The maximum absolute atomic E-state index is 13.1. The Morgan fingerprint density at radius 3 is 2.48 bits per heavy atom. The fourth-order valence-corrected chi connectivity index (χ4v) is 2.60. The fraction of sp³-hybridized carbons (Fsp3) is 0.294. The minimum absolute atomic E-state index is 0.0510. The smallest absolute Gasteiger partial charge is 0.124 e. The van der Waals surface area contributed by atoms with Crippen molar-refractivity contribution in [3.8, 4) is 0 Å². The van der Waals surface area contributed by atoms with E-state index in [0.29, 0.717) is 11.4 Å². The first-order chi connectivity index (χ1) is 9.99. The van der Waals surface area contributed by atoms with Gasteiger partial charge in [-0.3, -0.25) is 11.3 Å². The van der Waals surface area contributed by atoms with Crippen LogP contribution in [0.2, 0.25) is 5.02 Å². The molecule has 0 amide bonds. The fourth-order valence-electron chi connectivity index (χ4n) is 2.36. The molecule has 3 N–H and O–H groups in total. The molecular weight excluding hydrogens is 287 g/mol. The van der Waals surface area contributed by atoms with E-state index in [4.69, 9.17) is 17.4 Å². The molecule has 0 fully saturated rings. The molecule has 21 heavy (non-hydrogen) atoms. The second kappa shape index (κ2) is 7.03. The van der Waals surface area contributed by atoms with Crippen LogP contribution in [0.1, 0.15) is 22.3 Å². The van der Waals surface area contributed by atoms with E-state index in [9.17, 15) is 4.39 Å². The largest absolute Gasteiger partial charge is 0.271 e. The summed E-state index contributed by atoms with van der Waals surface area (Å²) in [4.78, 5) is 0. The number of benzene rings is 2. The summed E-state index contributed by atoms with van der Waals surface area (Å²) >= 11 is 6.07. The van der Waals surface area contributed by atoms with E-state index in [-0.39, 0.29) is 11.9 Å². The molecule has 0 aliphatic heterocycles. The summed E-state index contributed by atoms with van der Waals surface area (Å²) in [7, 11) is 0. The highest BCUT2D eigenvalue weighted by molar-refractivity contribution is 6.31. The Balaban J connectivity index is 2.10. The van der Waals surface area contributed by atoms with Crippen molar-refractivity contribution in [2.24, 2.45) is 5.84 Å². The van der Waals surface area contributed by atoms with Crippen LogP contribution in [0.4, 0.5) is 4.39 Å². The van der Waals surface area contributed by atoms with Crippen LogP contribution in [0.5, 0.6) is 0 Å². The van der Waals surface area contributed by atoms with Crippen LogP contribution in [0.25, 0.3) is 0 Å². The molecule has 0 saturated heterocycles. The summed E-state index contributed by atoms with van der Waals surface area (Å²) < 4.78 is 13.1. The topological polar surface area (TPSA) is 38.0 Å². The van der Waals surface area contributed by atoms with Gasteiger partial charge in [-0.25, -0.2) is 4.39 Å². The van der Waals surface area contributed by atoms with Crippen molar-refractivity contribution in [3.63, 3.8) is 0 Å². The van der Waals surface area contributed by atoms with Crippen molar-refractivity contribution in [2.75, 3.05) is 0 Å². The second-order valence-corrected chi connectivity index (χ2v) is 5.83. The van der Waals surface area contributed by atoms with Crippen molar-refractivity contribution in [3.05, 3.63) is 69.5 Å². The molecule has 0 aliphatic carbocycles. The van der Waals surface area contributed by atoms with Crippen LogP contribution in [-0.4, -0.2) is 6.04 Å². The molecule has 112 valence electrons. The van der Waals surface area contributed by atoms with Gasteiger partial charge in [-0.2, -0.15) is 0 Å². The summed E-state index contributed by atoms with van der Waals surface area (Å²) in [6.45, 7) is 4.19. The molecule has 2 aromatic rings. The number of halogens is 2. The number of nitrogens with two attached hydrogens (primary N) is 1. The predicted molar refractivity (Wildman–Crippen MR) is 85.8 cm³/mol. The van der Waals surface area contributed by atoms with Gasteiger partial charge in [0, 0.05) is 11.1 Å². The van der Waals surface area contributed by atoms with Crippen molar-refractivity contribution in [1.82, 2.24) is 5.43 Å². The number of rotatable bonds is 5. The van der Waals surface area contributed by atoms with Crippen LogP contribution in [-0.2, 0) is 12.8 Å². The Labute approximate surface area is 130 Å². The highest BCUT2D eigenvalue weighted by atomic mass is 35.5. The first kappa shape index (κ1) is 16.0.